The second-order valence-electron chi connectivity index (χ2n) is 11.2. The first-order valence-electron chi connectivity index (χ1n) is 13.6. The summed E-state index contributed by atoms with van der Waals surface area (Å²) in [6.45, 7) is 6.90. The number of likely N-dealkylation sites (N-methyl/N-ethyl adjacent to an activating group) is 1. The first-order chi connectivity index (χ1) is 17.3. The van der Waals surface area contributed by atoms with Crippen molar-refractivity contribution in [1.82, 2.24) is 15.2 Å². The highest BCUT2D eigenvalue weighted by Crippen LogP contribution is 2.41. The molecule has 1 aromatic carbocycles. The van der Waals surface area contributed by atoms with E-state index in [2.05, 4.69) is 54.5 Å². The normalized spacial score (nSPS) is 21.4. The lowest BCUT2D eigenvalue weighted by molar-refractivity contribution is -0.147. The number of hydrogen-bond acceptors (Lipinski definition) is 4. The van der Waals surface area contributed by atoms with E-state index in [1.165, 1.54) is 12.0 Å². The molecule has 3 N–H and O–H groups in total. The lowest BCUT2D eigenvalue weighted by Crippen LogP contribution is -2.63. The van der Waals surface area contributed by atoms with Crippen LogP contribution in [0.3, 0.4) is 0 Å². The smallest absolute Gasteiger partial charge is 0.238 e. The van der Waals surface area contributed by atoms with E-state index >= 15 is 0 Å². The fraction of sp³-hybridized carbons (Fsp3) is 0.567. The largest absolute Gasteiger partial charge is 0.368 e. The van der Waals surface area contributed by atoms with Crippen LogP contribution in [0.1, 0.15) is 88.8 Å². The lowest BCUT2D eigenvalue weighted by Gasteiger charge is -2.43. The van der Waals surface area contributed by atoms with Gasteiger partial charge in [-0.1, -0.05) is 57.4 Å². The number of rotatable bonds is 8. The molecule has 1 aliphatic heterocycles. The van der Waals surface area contributed by atoms with Crippen LogP contribution in [0.15, 0.2) is 42.7 Å². The number of hydrogen-bond donors (Lipinski definition) is 2. The zero-order valence-corrected chi connectivity index (χ0v) is 22.3. The molecule has 36 heavy (non-hydrogen) atoms. The fourth-order valence-electron chi connectivity index (χ4n) is 6.25. The number of nitrogens with two attached hydrogens (primary N) is 1. The Kier molecular flexibility index (Phi) is 8.13. The van der Waals surface area contributed by atoms with Gasteiger partial charge in [0.1, 0.15) is 5.54 Å². The molecule has 1 aliphatic carbocycles. The number of nitrogens with zero attached hydrogens (tertiary/aromatic N) is 2. The number of amides is 2. The lowest BCUT2D eigenvalue weighted by atomic mass is 9.69. The summed E-state index contributed by atoms with van der Waals surface area (Å²) < 4.78 is 0. The Bertz CT molecular complexity index is 1080. The molecular formula is C30H42N4O2. The van der Waals surface area contributed by atoms with E-state index in [-0.39, 0.29) is 17.9 Å². The Labute approximate surface area is 216 Å². The molecule has 1 saturated carbocycles. The minimum absolute atomic E-state index is 0.0432. The van der Waals surface area contributed by atoms with Gasteiger partial charge in [0, 0.05) is 24.5 Å². The van der Waals surface area contributed by atoms with Gasteiger partial charge in [-0.15, -0.1) is 0 Å². The molecule has 6 heteroatoms. The van der Waals surface area contributed by atoms with Crippen LogP contribution in [0.5, 0.6) is 0 Å². The van der Waals surface area contributed by atoms with Gasteiger partial charge in [0.05, 0.1) is 12.0 Å². The van der Waals surface area contributed by atoms with E-state index in [4.69, 9.17) is 5.73 Å². The van der Waals surface area contributed by atoms with Gasteiger partial charge in [-0.2, -0.15) is 0 Å². The Hall–Kier alpha value is -2.73. The summed E-state index contributed by atoms with van der Waals surface area (Å²) in [6.07, 6.45) is 10.9. The summed E-state index contributed by atoms with van der Waals surface area (Å²) in [5, 5.41) is 3.14. The molecule has 3 atom stereocenters. The molecule has 4 rings (SSSR count). The fourth-order valence-corrected chi connectivity index (χ4v) is 6.25. The highest BCUT2D eigenvalue weighted by atomic mass is 16.2. The Morgan fingerprint density at radius 2 is 1.81 bits per heavy atom. The molecule has 2 aliphatic rings. The standard InChI is InChI=1S/C30H42N4O2/c1-20(2)22-12-8-13-23(16-22)24-17-25(19-33-18-24)26-14-9-15-34(26)28(35)27(21-10-6-5-7-11-21)30(3,32-4)29(31)36/h8,12-13,16-21,26-27,32H,5-7,9-11,14-15H2,1-4H3,(H2,31,36)/t26-,27+,30?/m0/s1. The quantitative estimate of drug-likeness (QED) is 0.533. The van der Waals surface area contributed by atoms with Crippen molar-refractivity contribution in [3.63, 3.8) is 0 Å². The van der Waals surface area contributed by atoms with Gasteiger partial charge in [-0.05, 0) is 74.2 Å². The molecule has 2 aromatic rings. The highest BCUT2D eigenvalue weighted by Gasteiger charge is 2.50. The molecule has 2 fully saturated rings. The predicted octanol–water partition coefficient (Wildman–Crippen LogP) is 5.20. The summed E-state index contributed by atoms with van der Waals surface area (Å²) in [5.74, 6) is -0.279. The first kappa shape index (κ1) is 26.3. The van der Waals surface area contributed by atoms with Crippen LogP contribution in [-0.4, -0.2) is 40.8 Å². The van der Waals surface area contributed by atoms with Crippen molar-refractivity contribution in [2.45, 2.75) is 83.2 Å². The summed E-state index contributed by atoms with van der Waals surface area (Å²) >= 11 is 0. The van der Waals surface area contributed by atoms with E-state index in [1.54, 1.807) is 7.05 Å². The number of carbonyl (C=O) groups is 2. The summed E-state index contributed by atoms with van der Waals surface area (Å²) in [4.78, 5) is 33.5. The van der Waals surface area contributed by atoms with Gasteiger partial charge < -0.3 is 16.0 Å². The SMILES string of the molecule is CNC(C)(C(N)=O)[C@@H](C(=O)N1CCC[C@H]1c1cncc(-c2cccc(C(C)C)c2)c1)C1CCCCC1. The third kappa shape index (κ3) is 5.19. The number of primary amides is 1. The Balaban J connectivity index is 1.66. The molecule has 6 nitrogen and oxygen atoms in total. The molecule has 0 radical (unpaired) electrons. The maximum absolute atomic E-state index is 14.3. The summed E-state index contributed by atoms with van der Waals surface area (Å²) in [7, 11) is 1.74. The van der Waals surface area contributed by atoms with E-state index < -0.39 is 17.4 Å². The zero-order valence-electron chi connectivity index (χ0n) is 22.3. The Morgan fingerprint density at radius 3 is 2.47 bits per heavy atom. The van der Waals surface area contributed by atoms with Crippen LogP contribution >= 0.6 is 0 Å². The van der Waals surface area contributed by atoms with Crippen LogP contribution in [0, 0.1) is 11.8 Å². The molecule has 0 bridgehead atoms. The number of aromatic nitrogens is 1. The number of nitrogens with one attached hydrogen (secondary N) is 1. The summed E-state index contributed by atoms with van der Waals surface area (Å²) in [5.41, 5.74) is 9.39. The van der Waals surface area contributed by atoms with E-state index in [0.717, 1.165) is 55.2 Å². The van der Waals surface area contributed by atoms with Crippen LogP contribution in [0.2, 0.25) is 0 Å². The maximum Gasteiger partial charge on any atom is 0.238 e. The van der Waals surface area contributed by atoms with Crippen molar-refractivity contribution in [3.05, 3.63) is 53.9 Å². The maximum atomic E-state index is 14.3. The topological polar surface area (TPSA) is 88.3 Å². The monoisotopic (exact) mass is 490 g/mol. The molecule has 194 valence electrons. The van der Waals surface area contributed by atoms with Gasteiger partial charge in [0.15, 0.2) is 0 Å². The first-order valence-corrected chi connectivity index (χ1v) is 13.6. The van der Waals surface area contributed by atoms with Gasteiger partial charge in [0.2, 0.25) is 11.8 Å². The number of carbonyl (C=O) groups excluding carboxylic acids is 2. The molecule has 2 heterocycles. The minimum atomic E-state index is -1.08. The average Bonchev–Trinajstić information content (AvgIpc) is 3.39. The minimum Gasteiger partial charge on any atom is -0.368 e. The van der Waals surface area contributed by atoms with E-state index in [1.807, 2.05) is 24.2 Å². The molecule has 1 aromatic heterocycles. The number of likely N-dealkylation sites (tertiary alicyclic amines) is 1. The van der Waals surface area contributed by atoms with Crippen LogP contribution < -0.4 is 11.1 Å². The van der Waals surface area contributed by atoms with Crippen LogP contribution in [-0.2, 0) is 9.59 Å². The van der Waals surface area contributed by atoms with Crippen LogP contribution in [0.4, 0.5) is 0 Å². The molecule has 2 amide bonds. The van der Waals surface area contributed by atoms with Gasteiger partial charge in [-0.25, -0.2) is 0 Å². The third-order valence-electron chi connectivity index (χ3n) is 8.61. The van der Waals surface area contributed by atoms with Crippen molar-refractivity contribution in [2.75, 3.05) is 13.6 Å². The second kappa shape index (κ2) is 11.1. The van der Waals surface area contributed by atoms with Crippen molar-refractivity contribution in [1.29, 1.82) is 0 Å². The molecule has 1 saturated heterocycles. The molecule has 0 spiro atoms. The van der Waals surface area contributed by atoms with Crippen molar-refractivity contribution >= 4 is 11.8 Å². The Morgan fingerprint density at radius 1 is 1.06 bits per heavy atom. The molecular weight excluding hydrogens is 448 g/mol. The van der Waals surface area contributed by atoms with Gasteiger partial charge in [-0.3, -0.25) is 14.6 Å². The third-order valence-corrected chi connectivity index (χ3v) is 8.61. The average molecular weight is 491 g/mol. The predicted molar refractivity (Wildman–Crippen MR) is 144 cm³/mol. The van der Waals surface area contributed by atoms with Crippen molar-refractivity contribution in [2.24, 2.45) is 17.6 Å². The number of benzene rings is 1. The van der Waals surface area contributed by atoms with E-state index in [0.29, 0.717) is 12.5 Å². The van der Waals surface area contributed by atoms with Crippen molar-refractivity contribution < 1.29 is 9.59 Å². The summed E-state index contributed by atoms with van der Waals surface area (Å²) in [6, 6.07) is 10.7. The number of pyridine rings is 1. The van der Waals surface area contributed by atoms with Crippen LogP contribution in [0.25, 0.3) is 11.1 Å². The zero-order chi connectivity index (χ0) is 25.9. The van der Waals surface area contributed by atoms with Gasteiger partial charge in [0.25, 0.3) is 0 Å². The second-order valence-corrected chi connectivity index (χ2v) is 11.2. The molecule has 1 unspecified atom stereocenters. The van der Waals surface area contributed by atoms with E-state index in [9.17, 15) is 9.59 Å². The highest BCUT2D eigenvalue weighted by molar-refractivity contribution is 5.93. The van der Waals surface area contributed by atoms with Crippen molar-refractivity contribution in [3.8, 4) is 11.1 Å². The van der Waals surface area contributed by atoms with Gasteiger partial charge >= 0.3 is 0 Å².